The monoisotopic (exact) mass is 1060 g/mol. The van der Waals surface area contributed by atoms with E-state index in [-0.39, 0.29) is 13.0 Å². The largest absolute Gasteiger partial charge is 0.472 e. The number of aliphatic hydroxyl groups excluding tert-OH is 5. The van der Waals surface area contributed by atoms with Crippen LogP contribution in [0.2, 0.25) is 0 Å². The van der Waals surface area contributed by atoms with E-state index < -0.39 is 63.1 Å². The Balaban J connectivity index is 2.34. The van der Waals surface area contributed by atoms with Gasteiger partial charge >= 0.3 is 13.8 Å². The number of rotatable bonds is 49. The first-order chi connectivity index (χ1) is 36.0. The highest BCUT2D eigenvalue weighted by Gasteiger charge is 2.51. The van der Waals surface area contributed by atoms with Gasteiger partial charge in [0, 0.05) is 13.0 Å². The Hall–Kier alpha value is -2.74. The lowest BCUT2D eigenvalue weighted by molar-refractivity contribution is -0.220. The lowest BCUT2D eigenvalue weighted by Gasteiger charge is -2.41. The smallest absolute Gasteiger partial charge is 0.457 e. The van der Waals surface area contributed by atoms with E-state index in [1.54, 1.807) is 0 Å². The van der Waals surface area contributed by atoms with Gasteiger partial charge in [-0.3, -0.25) is 13.8 Å². The summed E-state index contributed by atoms with van der Waals surface area (Å²) in [6, 6.07) is 0. The minimum Gasteiger partial charge on any atom is -0.457 e. The third kappa shape index (κ3) is 40.5. The molecule has 0 saturated heterocycles. The number of unbranched alkanes of at least 4 members (excludes halogenated alkanes) is 21. The summed E-state index contributed by atoms with van der Waals surface area (Å²) in [5.41, 5.74) is 0. The molecule has 6 N–H and O–H groups in total. The number of carbonyl (C=O) groups is 1. The van der Waals surface area contributed by atoms with Crippen LogP contribution in [0.4, 0.5) is 0 Å². The maximum absolute atomic E-state index is 12.9. The molecule has 0 bridgehead atoms. The Morgan fingerprint density at radius 2 is 0.797 bits per heavy atom. The van der Waals surface area contributed by atoms with Gasteiger partial charge in [-0.2, -0.15) is 0 Å². The Morgan fingerprint density at radius 1 is 0.446 bits per heavy atom. The Labute approximate surface area is 449 Å². The van der Waals surface area contributed by atoms with Crippen LogP contribution in [0, 0.1) is 0 Å². The summed E-state index contributed by atoms with van der Waals surface area (Å²) < 4.78 is 34.4. The number of phosphoric acid groups is 1. The zero-order chi connectivity index (χ0) is 54.0. The summed E-state index contributed by atoms with van der Waals surface area (Å²) in [6.07, 6.45) is 57.7. The van der Waals surface area contributed by atoms with E-state index in [9.17, 15) is 39.8 Å². The molecule has 1 rings (SSSR count). The van der Waals surface area contributed by atoms with Gasteiger partial charge in [0.05, 0.1) is 13.2 Å². The van der Waals surface area contributed by atoms with Gasteiger partial charge in [0.25, 0.3) is 0 Å². The van der Waals surface area contributed by atoms with Crippen LogP contribution in [-0.2, 0) is 27.9 Å². The first-order valence-corrected chi connectivity index (χ1v) is 30.6. The molecule has 0 amide bonds. The van der Waals surface area contributed by atoms with Crippen molar-refractivity contribution in [2.24, 2.45) is 0 Å². The van der Waals surface area contributed by atoms with Gasteiger partial charge in [0.2, 0.25) is 0 Å². The van der Waals surface area contributed by atoms with E-state index in [2.05, 4.69) is 111 Å². The number of phosphoric ester groups is 1. The van der Waals surface area contributed by atoms with E-state index in [1.807, 2.05) is 0 Å². The van der Waals surface area contributed by atoms with Crippen molar-refractivity contribution in [2.75, 3.05) is 19.8 Å². The molecule has 0 spiro atoms. The van der Waals surface area contributed by atoms with Gasteiger partial charge in [-0.25, -0.2) is 4.57 Å². The lowest BCUT2D eigenvalue weighted by atomic mass is 9.85. The number of hydrogen-bond donors (Lipinski definition) is 6. The number of allylic oxidation sites excluding steroid dienone is 16. The normalized spacial score (nSPS) is 21.1. The second kappa shape index (κ2) is 49.8. The van der Waals surface area contributed by atoms with Crippen molar-refractivity contribution < 1.29 is 58.3 Å². The van der Waals surface area contributed by atoms with Crippen LogP contribution in [0.1, 0.15) is 219 Å². The van der Waals surface area contributed by atoms with Crippen molar-refractivity contribution >= 4 is 13.8 Å². The maximum Gasteiger partial charge on any atom is 0.472 e. The van der Waals surface area contributed by atoms with Crippen LogP contribution in [0.15, 0.2) is 97.2 Å². The first kappa shape index (κ1) is 69.3. The molecule has 426 valence electrons. The molecule has 1 aliphatic rings. The van der Waals surface area contributed by atoms with Crippen molar-refractivity contribution in [2.45, 2.75) is 262 Å². The Bertz CT molecular complexity index is 1590. The Morgan fingerprint density at radius 3 is 1.23 bits per heavy atom. The molecule has 13 heteroatoms. The highest BCUT2D eigenvalue weighted by Crippen LogP contribution is 2.47. The Kier molecular flexibility index (Phi) is 46.6. The molecule has 0 aromatic carbocycles. The molecular formula is C61H105O12P. The number of esters is 1. The minimum atomic E-state index is -5.05. The highest BCUT2D eigenvalue weighted by molar-refractivity contribution is 7.47. The third-order valence-electron chi connectivity index (χ3n) is 12.9. The predicted molar refractivity (Wildman–Crippen MR) is 304 cm³/mol. The zero-order valence-electron chi connectivity index (χ0n) is 46.1. The van der Waals surface area contributed by atoms with Gasteiger partial charge in [-0.05, 0) is 96.3 Å². The summed E-state index contributed by atoms with van der Waals surface area (Å²) >= 11 is 0. The van der Waals surface area contributed by atoms with Crippen LogP contribution < -0.4 is 0 Å². The average Bonchev–Trinajstić information content (AvgIpc) is 3.39. The summed E-state index contributed by atoms with van der Waals surface area (Å²) in [4.78, 5) is 23.3. The summed E-state index contributed by atoms with van der Waals surface area (Å²) in [5.74, 6) is -0.495. The summed E-state index contributed by atoms with van der Waals surface area (Å²) in [6.45, 7) is 4.06. The molecule has 12 nitrogen and oxygen atoms in total. The molecule has 6 atom stereocenters. The fourth-order valence-electron chi connectivity index (χ4n) is 8.39. The van der Waals surface area contributed by atoms with Crippen LogP contribution in [0.25, 0.3) is 0 Å². The fraction of sp³-hybridized carbons (Fsp3) is 0.721. The van der Waals surface area contributed by atoms with Crippen LogP contribution in [0.3, 0.4) is 0 Å². The second-order valence-corrected chi connectivity index (χ2v) is 21.2. The average molecular weight is 1060 g/mol. The van der Waals surface area contributed by atoms with E-state index in [0.717, 1.165) is 83.5 Å². The minimum absolute atomic E-state index is 0.112. The predicted octanol–water partition coefficient (Wildman–Crippen LogP) is 14.2. The van der Waals surface area contributed by atoms with Crippen molar-refractivity contribution in [3.63, 3.8) is 0 Å². The van der Waals surface area contributed by atoms with E-state index in [1.165, 1.54) is 109 Å². The van der Waals surface area contributed by atoms with E-state index in [4.69, 9.17) is 18.5 Å². The van der Waals surface area contributed by atoms with Gasteiger partial charge in [-0.15, -0.1) is 0 Å². The molecule has 1 saturated carbocycles. The SMILES string of the molecule is CC/C=C\C/C=C\C/C=C\C/C=C\C/C=C\C/C=C\C/C=C\CCCCOCC(COP(=O)(O)OC1C(O)C(O)C(O)C(O)C1O)OC(=O)CCCCCCCCCCCCC/C=C\CCCCCCCCCC. The zero-order valence-corrected chi connectivity index (χ0v) is 47.0. The standard InChI is InChI=1S/C61H105O12P/c1-3-5-7-9-11-13-15-17-19-21-23-25-27-29-31-33-35-37-39-41-43-45-47-49-51-70-52-54(53-71-74(68,69)73-61-59(66)57(64)56(63)58(65)60(61)67)72-55(62)50-48-46-44-42-40-38-36-34-32-30-28-26-24-22-20-18-16-14-12-10-8-6-4-2/h5,7,11,13,17,19,22-25,29,31,35,37,41,43,54,56-61,63-67H,3-4,6,8-10,12,14-16,18,20-21,26-28,30,32-34,36,38-40,42,44-53H2,1-2H3,(H,68,69)/b7-5-,13-11-,19-17-,24-22-,25-23-,31-29-,37-35-,43-41-. The maximum atomic E-state index is 12.9. The lowest BCUT2D eigenvalue weighted by Crippen LogP contribution is -2.64. The topological polar surface area (TPSA) is 192 Å². The van der Waals surface area contributed by atoms with E-state index >= 15 is 0 Å². The second-order valence-electron chi connectivity index (χ2n) is 19.8. The molecule has 6 unspecified atom stereocenters. The van der Waals surface area contributed by atoms with Gasteiger partial charge in [-0.1, -0.05) is 214 Å². The van der Waals surface area contributed by atoms with E-state index in [0.29, 0.717) is 13.0 Å². The van der Waals surface area contributed by atoms with Crippen molar-refractivity contribution in [3.8, 4) is 0 Å². The third-order valence-corrected chi connectivity index (χ3v) is 13.9. The highest BCUT2D eigenvalue weighted by atomic mass is 31.2. The van der Waals surface area contributed by atoms with Crippen molar-refractivity contribution in [1.29, 1.82) is 0 Å². The molecule has 74 heavy (non-hydrogen) atoms. The van der Waals surface area contributed by atoms with Crippen LogP contribution >= 0.6 is 7.82 Å². The molecule has 1 fully saturated rings. The molecule has 0 heterocycles. The summed E-state index contributed by atoms with van der Waals surface area (Å²) in [5, 5.41) is 50.4. The quantitative estimate of drug-likeness (QED) is 0.0146. The van der Waals surface area contributed by atoms with Gasteiger partial charge in [0.15, 0.2) is 0 Å². The molecular weight excluding hydrogens is 956 g/mol. The number of ether oxygens (including phenoxy) is 2. The number of aliphatic hydroxyl groups is 5. The van der Waals surface area contributed by atoms with Crippen LogP contribution in [0.5, 0.6) is 0 Å². The summed E-state index contributed by atoms with van der Waals surface area (Å²) in [7, 11) is -5.05. The molecule has 0 aliphatic heterocycles. The van der Waals surface area contributed by atoms with Crippen molar-refractivity contribution in [3.05, 3.63) is 97.2 Å². The molecule has 0 aromatic heterocycles. The molecule has 1 aliphatic carbocycles. The number of carbonyl (C=O) groups excluding carboxylic acids is 1. The van der Waals surface area contributed by atoms with Gasteiger partial charge in [0.1, 0.15) is 42.7 Å². The number of hydrogen-bond acceptors (Lipinski definition) is 11. The first-order valence-electron chi connectivity index (χ1n) is 29.1. The molecule has 0 aromatic rings. The van der Waals surface area contributed by atoms with Crippen molar-refractivity contribution in [1.82, 2.24) is 0 Å². The fourth-order valence-corrected chi connectivity index (χ4v) is 9.36. The van der Waals surface area contributed by atoms with Crippen LogP contribution in [-0.4, -0.2) is 98.9 Å². The molecule has 0 radical (unpaired) electrons. The van der Waals surface area contributed by atoms with Gasteiger partial charge < -0.3 is 39.9 Å².